The van der Waals surface area contributed by atoms with E-state index in [9.17, 15) is 5.11 Å². The molecule has 0 amide bonds. The number of phenols is 1. The van der Waals surface area contributed by atoms with Gasteiger partial charge >= 0.3 is 0 Å². The number of pyridine rings is 1. The number of methoxy groups -OCH3 is 3. The second-order valence-corrected chi connectivity index (χ2v) is 6.15. The van der Waals surface area contributed by atoms with E-state index in [0.29, 0.717) is 28.6 Å². The van der Waals surface area contributed by atoms with Crippen LogP contribution in [0.15, 0.2) is 30.3 Å². The largest absolute Gasteiger partial charge is 0.504 e. The summed E-state index contributed by atoms with van der Waals surface area (Å²) in [5.41, 5.74) is 3.03. The lowest BCUT2D eigenvalue weighted by Gasteiger charge is -2.13. The number of aromatic nitrogens is 3. The van der Waals surface area contributed by atoms with Crippen molar-refractivity contribution in [3.63, 3.8) is 0 Å². The Labute approximate surface area is 155 Å². The average molecular weight is 365 g/mol. The molecule has 0 radical (unpaired) electrons. The van der Waals surface area contributed by atoms with Crippen molar-refractivity contribution in [1.82, 2.24) is 15.2 Å². The van der Waals surface area contributed by atoms with Gasteiger partial charge in [0.05, 0.1) is 27.0 Å². The van der Waals surface area contributed by atoms with E-state index >= 15 is 0 Å². The van der Waals surface area contributed by atoms with Crippen LogP contribution >= 0.6 is 0 Å². The molecule has 0 fully saturated rings. The summed E-state index contributed by atoms with van der Waals surface area (Å²) in [7, 11) is 4.72. The Morgan fingerprint density at radius 3 is 2.22 bits per heavy atom. The number of benzene rings is 2. The maximum atomic E-state index is 9.92. The first-order valence-electron chi connectivity index (χ1n) is 8.35. The molecule has 0 spiro atoms. The number of nitrogens with zero attached hydrogens (tertiary/aromatic N) is 2. The SMILES string of the molecule is COc1cc(-c2nc3n[nH]c(C)c3c3cc(OC)c(OC)cc23)ccc1O. The highest BCUT2D eigenvalue weighted by Crippen LogP contribution is 2.41. The molecule has 0 saturated carbocycles. The molecule has 2 N–H and O–H groups in total. The van der Waals surface area contributed by atoms with E-state index in [1.807, 2.05) is 19.1 Å². The van der Waals surface area contributed by atoms with Gasteiger partial charge in [-0.15, -0.1) is 0 Å². The number of rotatable bonds is 4. The zero-order chi connectivity index (χ0) is 19.1. The summed E-state index contributed by atoms with van der Waals surface area (Å²) in [6.45, 7) is 1.95. The first kappa shape index (κ1) is 17.0. The summed E-state index contributed by atoms with van der Waals surface area (Å²) >= 11 is 0. The van der Waals surface area contributed by atoms with Gasteiger partial charge in [-0.25, -0.2) is 4.98 Å². The number of phenolic OH excluding ortho intramolecular Hbond substituents is 1. The van der Waals surface area contributed by atoms with Crippen LogP contribution in [0.3, 0.4) is 0 Å². The summed E-state index contributed by atoms with van der Waals surface area (Å²) in [4.78, 5) is 4.75. The molecule has 4 rings (SSSR count). The number of H-pyrrole nitrogens is 1. The van der Waals surface area contributed by atoms with Crippen LogP contribution in [0.25, 0.3) is 33.1 Å². The fourth-order valence-electron chi connectivity index (χ4n) is 3.31. The molecule has 0 unspecified atom stereocenters. The van der Waals surface area contributed by atoms with E-state index in [0.717, 1.165) is 27.4 Å². The van der Waals surface area contributed by atoms with Crippen molar-refractivity contribution in [3.8, 4) is 34.3 Å². The number of aryl methyl sites for hydroxylation is 1. The normalized spacial score (nSPS) is 11.1. The molecular formula is C20H19N3O4. The van der Waals surface area contributed by atoms with Crippen LogP contribution in [-0.4, -0.2) is 41.6 Å². The van der Waals surface area contributed by atoms with Crippen molar-refractivity contribution in [2.45, 2.75) is 6.92 Å². The van der Waals surface area contributed by atoms with Gasteiger partial charge in [0.25, 0.3) is 0 Å². The van der Waals surface area contributed by atoms with Crippen molar-refractivity contribution >= 4 is 21.8 Å². The molecule has 27 heavy (non-hydrogen) atoms. The zero-order valence-electron chi connectivity index (χ0n) is 15.5. The minimum Gasteiger partial charge on any atom is -0.504 e. The molecule has 138 valence electrons. The minimum absolute atomic E-state index is 0.0708. The first-order valence-corrected chi connectivity index (χ1v) is 8.35. The lowest BCUT2D eigenvalue weighted by Crippen LogP contribution is -1.95. The molecule has 0 bridgehead atoms. The van der Waals surface area contributed by atoms with Crippen LogP contribution in [0.5, 0.6) is 23.0 Å². The van der Waals surface area contributed by atoms with Crippen LogP contribution in [0.4, 0.5) is 0 Å². The third-order valence-electron chi connectivity index (χ3n) is 4.65. The Kier molecular flexibility index (Phi) is 3.99. The van der Waals surface area contributed by atoms with Gasteiger partial charge in [-0.1, -0.05) is 0 Å². The molecule has 7 nitrogen and oxygen atoms in total. The Hall–Kier alpha value is -3.48. The van der Waals surface area contributed by atoms with Gasteiger partial charge in [0, 0.05) is 27.4 Å². The predicted molar refractivity (Wildman–Crippen MR) is 103 cm³/mol. The molecular weight excluding hydrogens is 346 g/mol. The van der Waals surface area contributed by atoms with Gasteiger partial charge in [-0.05, 0) is 37.3 Å². The third kappa shape index (κ3) is 2.59. The van der Waals surface area contributed by atoms with Gasteiger partial charge in [0.2, 0.25) is 0 Å². The van der Waals surface area contributed by atoms with E-state index in [-0.39, 0.29) is 5.75 Å². The Morgan fingerprint density at radius 1 is 0.889 bits per heavy atom. The van der Waals surface area contributed by atoms with Crippen LogP contribution in [0, 0.1) is 6.92 Å². The number of aromatic amines is 1. The van der Waals surface area contributed by atoms with E-state index in [2.05, 4.69) is 10.2 Å². The first-order chi connectivity index (χ1) is 13.1. The van der Waals surface area contributed by atoms with Crippen molar-refractivity contribution in [3.05, 3.63) is 36.0 Å². The van der Waals surface area contributed by atoms with E-state index in [4.69, 9.17) is 19.2 Å². The van der Waals surface area contributed by atoms with E-state index in [1.54, 1.807) is 32.4 Å². The number of fused-ring (bicyclic) bond motifs is 3. The summed E-state index contributed by atoms with van der Waals surface area (Å²) in [5, 5.41) is 20.0. The van der Waals surface area contributed by atoms with Gasteiger partial charge in [-0.2, -0.15) is 5.10 Å². The fraction of sp³-hybridized carbons (Fsp3) is 0.200. The number of hydrogen-bond donors (Lipinski definition) is 2. The van der Waals surface area contributed by atoms with Crippen LogP contribution in [0.1, 0.15) is 5.69 Å². The Balaban J connectivity index is 2.13. The molecule has 0 aliphatic rings. The number of nitrogens with one attached hydrogen (secondary N) is 1. The summed E-state index contributed by atoms with van der Waals surface area (Å²) in [5.74, 6) is 1.69. The topological polar surface area (TPSA) is 89.5 Å². The molecule has 0 saturated heterocycles. The summed E-state index contributed by atoms with van der Waals surface area (Å²) < 4.78 is 16.2. The Bertz CT molecular complexity index is 1170. The second kappa shape index (κ2) is 6.35. The summed E-state index contributed by atoms with van der Waals surface area (Å²) in [6.07, 6.45) is 0. The van der Waals surface area contributed by atoms with Crippen LogP contribution in [-0.2, 0) is 0 Å². The molecule has 2 aromatic heterocycles. The predicted octanol–water partition coefficient (Wildman–Crippen LogP) is 3.82. The van der Waals surface area contributed by atoms with Gasteiger partial charge in [0.15, 0.2) is 28.6 Å². The van der Waals surface area contributed by atoms with Crippen LogP contribution < -0.4 is 14.2 Å². The fourth-order valence-corrected chi connectivity index (χ4v) is 3.31. The molecule has 4 aromatic rings. The molecule has 7 heteroatoms. The lowest BCUT2D eigenvalue weighted by atomic mass is 10.00. The maximum Gasteiger partial charge on any atom is 0.182 e. The van der Waals surface area contributed by atoms with Gasteiger partial charge in [-0.3, -0.25) is 5.10 Å². The smallest absolute Gasteiger partial charge is 0.182 e. The quantitative estimate of drug-likeness (QED) is 0.571. The maximum absolute atomic E-state index is 9.92. The highest BCUT2D eigenvalue weighted by molar-refractivity contribution is 6.12. The molecule has 0 aliphatic heterocycles. The standard InChI is InChI=1S/C20H19N3O4/c1-10-18-12-8-16(26-3)17(27-4)9-13(12)19(21-20(18)23-22-10)11-5-6-14(24)15(7-11)25-2/h5-9,24H,1-4H3,(H,21,22,23). The lowest BCUT2D eigenvalue weighted by molar-refractivity contribution is 0.356. The number of ether oxygens (including phenoxy) is 3. The summed E-state index contributed by atoms with van der Waals surface area (Å²) in [6, 6.07) is 8.97. The average Bonchev–Trinajstić information content (AvgIpc) is 3.07. The second-order valence-electron chi connectivity index (χ2n) is 6.15. The number of aromatic hydroxyl groups is 1. The molecule has 2 heterocycles. The highest BCUT2D eigenvalue weighted by atomic mass is 16.5. The number of hydrogen-bond acceptors (Lipinski definition) is 6. The van der Waals surface area contributed by atoms with E-state index in [1.165, 1.54) is 7.11 Å². The van der Waals surface area contributed by atoms with Crippen molar-refractivity contribution in [1.29, 1.82) is 0 Å². The van der Waals surface area contributed by atoms with Gasteiger partial charge in [0.1, 0.15) is 0 Å². The van der Waals surface area contributed by atoms with Crippen LogP contribution in [0.2, 0.25) is 0 Å². The monoisotopic (exact) mass is 365 g/mol. The Morgan fingerprint density at radius 2 is 1.56 bits per heavy atom. The third-order valence-corrected chi connectivity index (χ3v) is 4.65. The van der Waals surface area contributed by atoms with Crippen molar-refractivity contribution in [2.24, 2.45) is 0 Å². The minimum atomic E-state index is 0.0708. The van der Waals surface area contributed by atoms with E-state index < -0.39 is 0 Å². The zero-order valence-corrected chi connectivity index (χ0v) is 15.5. The molecule has 2 aromatic carbocycles. The van der Waals surface area contributed by atoms with Crippen molar-refractivity contribution < 1.29 is 19.3 Å². The highest BCUT2D eigenvalue weighted by Gasteiger charge is 2.18. The van der Waals surface area contributed by atoms with Crippen molar-refractivity contribution in [2.75, 3.05) is 21.3 Å². The molecule has 0 aliphatic carbocycles. The molecule has 0 atom stereocenters. The van der Waals surface area contributed by atoms with Gasteiger partial charge < -0.3 is 19.3 Å².